The second-order valence-electron chi connectivity index (χ2n) is 7.96. The first-order valence-electron chi connectivity index (χ1n) is 10.1. The number of rotatable bonds is 5. The zero-order valence-electron chi connectivity index (χ0n) is 16.8. The number of hydrogen-bond donors (Lipinski definition) is 2. The maximum Gasteiger partial charge on any atom is 0.256 e. The molecule has 1 aliphatic carbocycles. The summed E-state index contributed by atoms with van der Waals surface area (Å²) in [6, 6.07) is 15.1. The van der Waals surface area contributed by atoms with Crippen LogP contribution in [0, 0.1) is 5.92 Å². The van der Waals surface area contributed by atoms with E-state index in [9.17, 15) is 9.59 Å². The Morgan fingerprint density at radius 2 is 1.66 bits per heavy atom. The number of aryl methyl sites for hydroxylation is 1. The van der Waals surface area contributed by atoms with Gasteiger partial charge in [-0.05, 0) is 61.1 Å². The zero-order chi connectivity index (χ0) is 20.4. The fourth-order valence-corrected chi connectivity index (χ4v) is 3.88. The summed E-state index contributed by atoms with van der Waals surface area (Å²) in [4.78, 5) is 29.8. The third-order valence-electron chi connectivity index (χ3n) is 5.17. The minimum atomic E-state index is -0.113. The molecule has 0 atom stereocenters. The van der Waals surface area contributed by atoms with Gasteiger partial charge in [0, 0.05) is 28.9 Å². The summed E-state index contributed by atoms with van der Waals surface area (Å²) < 4.78 is 0. The van der Waals surface area contributed by atoms with E-state index >= 15 is 0 Å². The number of fused-ring (bicyclic) bond motifs is 2. The molecule has 0 radical (unpaired) electrons. The van der Waals surface area contributed by atoms with Gasteiger partial charge in [-0.1, -0.05) is 32.0 Å². The van der Waals surface area contributed by atoms with Crippen LogP contribution in [0.1, 0.15) is 48.3 Å². The minimum Gasteiger partial charge on any atom is -0.326 e. The van der Waals surface area contributed by atoms with Crippen molar-refractivity contribution in [3.05, 3.63) is 65.4 Å². The van der Waals surface area contributed by atoms with E-state index in [-0.39, 0.29) is 11.8 Å². The van der Waals surface area contributed by atoms with Crippen LogP contribution < -0.4 is 10.6 Å². The number of nitrogens with one attached hydrogen (secondary N) is 2. The normalized spacial score (nSPS) is 12.8. The van der Waals surface area contributed by atoms with Crippen LogP contribution in [-0.2, 0) is 17.6 Å². The van der Waals surface area contributed by atoms with Crippen molar-refractivity contribution in [3.63, 3.8) is 0 Å². The summed E-state index contributed by atoms with van der Waals surface area (Å²) >= 11 is 0. The van der Waals surface area contributed by atoms with Crippen molar-refractivity contribution in [3.8, 4) is 0 Å². The lowest BCUT2D eigenvalue weighted by Gasteiger charge is -2.13. The lowest BCUT2D eigenvalue weighted by Crippen LogP contribution is -2.16. The average molecular weight is 387 g/mol. The van der Waals surface area contributed by atoms with E-state index in [0.717, 1.165) is 52.7 Å². The van der Waals surface area contributed by atoms with Crippen LogP contribution in [-0.4, -0.2) is 16.8 Å². The van der Waals surface area contributed by atoms with E-state index < -0.39 is 0 Å². The van der Waals surface area contributed by atoms with Gasteiger partial charge in [-0.2, -0.15) is 0 Å². The molecule has 0 unspecified atom stereocenters. The van der Waals surface area contributed by atoms with E-state index in [1.807, 2.05) is 62.4 Å². The molecule has 148 valence electrons. The van der Waals surface area contributed by atoms with E-state index in [2.05, 4.69) is 10.6 Å². The number of anilines is 2. The van der Waals surface area contributed by atoms with Gasteiger partial charge in [0.25, 0.3) is 5.91 Å². The Balaban J connectivity index is 1.55. The summed E-state index contributed by atoms with van der Waals surface area (Å²) in [6.07, 6.45) is 3.32. The fourth-order valence-electron chi connectivity index (χ4n) is 3.88. The first-order chi connectivity index (χ1) is 14.0. The van der Waals surface area contributed by atoms with Crippen molar-refractivity contribution < 1.29 is 9.59 Å². The molecule has 1 heterocycles. The lowest BCUT2D eigenvalue weighted by atomic mass is 10.0. The molecule has 4 rings (SSSR count). The smallest absolute Gasteiger partial charge is 0.256 e. The van der Waals surface area contributed by atoms with Crippen LogP contribution >= 0.6 is 0 Å². The number of para-hydroxylation sites is 1. The van der Waals surface area contributed by atoms with Crippen molar-refractivity contribution in [1.29, 1.82) is 0 Å². The van der Waals surface area contributed by atoms with Crippen LogP contribution in [0.15, 0.2) is 48.5 Å². The van der Waals surface area contributed by atoms with Gasteiger partial charge in [0.15, 0.2) is 0 Å². The predicted octanol–water partition coefficient (Wildman–Crippen LogP) is 4.96. The Kier molecular flexibility index (Phi) is 5.30. The molecule has 0 fully saturated rings. The van der Waals surface area contributed by atoms with Crippen LogP contribution in [0.2, 0.25) is 0 Å². The first kappa shape index (κ1) is 19.1. The van der Waals surface area contributed by atoms with Crippen molar-refractivity contribution in [1.82, 2.24) is 4.98 Å². The van der Waals surface area contributed by atoms with Gasteiger partial charge in [-0.25, -0.2) is 0 Å². The van der Waals surface area contributed by atoms with Crippen molar-refractivity contribution in [2.45, 2.75) is 39.5 Å². The standard InChI is InChI=1S/C24H25N3O2/c1-15(2)14-22(28)25-16-10-12-17(13-11-16)26-24(29)23-18-6-3-4-8-20(18)27-21-9-5-7-19(21)23/h3-4,6,8,10-13,15H,5,7,9,14H2,1-2H3,(H,25,28)(H,26,29). The van der Waals surface area contributed by atoms with E-state index in [1.54, 1.807) is 0 Å². The Morgan fingerprint density at radius 1 is 0.966 bits per heavy atom. The SMILES string of the molecule is CC(C)CC(=O)Nc1ccc(NC(=O)c2c3c(nc4ccccc24)CCC3)cc1. The highest BCUT2D eigenvalue weighted by atomic mass is 16.2. The van der Waals surface area contributed by atoms with E-state index in [4.69, 9.17) is 4.98 Å². The molecule has 0 aliphatic heterocycles. The van der Waals surface area contributed by atoms with Crippen molar-refractivity contribution >= 4 is 34.1 Å². The van der Waals surface area contributed by atoms with E-state index in [1.165, 1.54) is 0 Å². The maximum atomic E-state index is 13.2. The Hall–Kier alpha value is -3.21. The first-order valence-corrected chi connectivity index (χ1v) is 10.1. The summed E-state index contributed by atoms with van der Waals surface area (Å²) in [5, 5.41) is 6.79. The number of carbonyl (C=O) groups is 2. The molecular formula is C24H25N3O2. The second kappa shape index (κ2) is 8.03. The third kappa shape index (κ3) is 4.14. The van der Waals surface area contributed by atoms with Crippen LogP contribution in [0.5, 0.6) is 0 Å². The predicted molar refractivity (Wildman–Crippen MR) is 116 cm³/mol. The molecule has 3 aromatic rings. The fraction of sp³-hybridized carbons (Fsp3) is 0.292. The molecule has 0 bridgehead atoms. The molecule has 2 amide bonds. The molecule has 1 aliphatic rings. The molecule has 5 nitrogen and oxygen atoms in total. The number of amides is 2. The Morgan fingerprint density at radius 3 is 2.38 bits per heavy atom. The van der Waals surface area contributed by atoms with Gasteiger partial charge in [-0.3, -0.25) is 14.6 Å². The number of benzene rings is 2. The second-order valence-corrected chi connectivity index (χ2v) is 7.96. The van der Waals surface area contributed by atoms with Gasteiger partial charge in [0.1, 0.15) is 0 Å². The molecule has 1 aromatic heterocycles. The number of carbonyl (C=O) groups excluding carboxylic acids is 2. The molecule has 0 spiro atoms. The molecule has 2 aromatic carbocycles. The Bertz CT molecular complexity index is 1070. The highest BCUT2D eigenvalue weighted by Crippen LogP contribution is 2.30. The van der Waals surface area contributed by atoms with Gasteiger partial charge >= 0.3 is 0 Å². The molecule has 0 saturated carbocycles. The maximum absolute atomic E-state index is 13.2. The van der Waals surface area contributed by atoms with Crippen LogP contribution in [0.4, 0.5) is 11.4 Å². The van der Waals surface area contributed by atoms with Crippen LogP contribution in [0.3, 0.4) is 0 Å². The van der Waals surface area contributed by atoms with Gasteiger partial charge in [-0.15, -0.1) is 0 Å². The molecule has 2 N–H and O–H groups in total. The molecule has 0 saturated heterocycles. The molecular weight excluding hydrogens is 362 g/mol. The quantitative estimate of drug-likeness (QED) is 0.650. The number of hydrogen-bond acceptors (Lipinski definition) is 3. The monoisotopic (exact) mass is 387 g/mol. The van der Waals surface area contributed by atoms with Gasteiger partial charge in [0.05, 0.1) is 11.1 Å². The van der Waals surface area contributed by atoms with Crippen molar-refractivity contribution in [2.75, 3.05) is 10.6 Å². The number of nitrogens with zero attached hydrogens (tertiary/aromatic N) is 1. The van der Waals surface area contributed by atoms with Gasteiger partial charge < -0.3 is 10.6 Å². The molecule has 29 heavy (non-hydrogen) atoms. The van der Waals surface area contributed by atoms with Crippen molar-refractivity contribution in [2.24, 2.45) is 5.92 Å². The summed E-state index contributed by atoms with van der Waals surface area (Å²) in [7, 11) is 0. The highest BCUT2D eigenvalue weighted by Gasteiger charge is 2.23. The molecule has 5 heteroatoms. The zero-order valence-corrected chi connectivity index (χ0v) is 16.8. The Labute approximate surface area is 170 Å². The summed E-state index contributed by atoms with van der Waals surface area (Å²) in [6.45, 7) is 4.02. The number of pyridine rings is 1. The summed E-state index contributed by atoms with van der Waals surface area (Å²) in [5.41, 5.74) is 5.13. The lowest BCUT2D eigenvalue weighted by molar-refractivity contribution is -0.116. The largest absolute Gasteiger partial charge is 0.326 e. The number of aromatic nitrogens is 1. The minimum absolute atomic E-state index is 0.00407. The van der Waals surface area contributed by atoms with Crippen LogP contribution in [0.25, 0.3) is 10.9 Å². The third-order valence-corrected chi connectivity index (χ3v) is 5.17. The van der Waals surface area contributed by atoms with E-state index in [0.29, 0.717) is 18.0 Å². The van der Waals surface area contributed by atoms with Gasteiger partial charge in [0.2, 0.25) is 5.91 Å². The topological polar surface area (TPSA) is 71.1 Å². The highest BCUT2D eigenvalue weighted by molar-refractivity contribution is 6.13. The summed E-state index contributed by atoms with van der Waals surface area (Å²) in [5.74, 6) is 0.194. The average Bonchev–Trinajstić information content (AvgIpc) is 3.14.